The fourth-order valence-corrected chi connectivity index (χ4v) is 2.35. The average Bonchev–Trinajstić information content (AvgIpc) is 2.44. The quantitative estimate of drug-likeness (QED) is 0.940. The van der Waals surface area contributed by atoms with Gasteiger partial charge < -0.3 is 10.0 Å². The van der Waals surface area contributed by atoms with Gasteiger partial charge in [-0.25, -0.2) is 4.79 Å². The van der Waals surface area contributed by atoms with Crippen LogP contribution in [0.5, 0.6) is 0 Å². The molecule has 108 valence electrons. The van der Waals surface area contributed by atoms with E-state index in [1.807, 2.05) is 19.9 Å². The van der Waals surface area contributed by atoms with Gasteiger partial charge in [0, 0.05) is 12.6 Å². The predicted octanol–water partition coefficient (Wildman–Crippen LogP) is 3.28. The van der Waals surface area contributed by atoms with Gasteiger partial charge in [-0.05, 0) is 38.1 Å². The number of hydrogen-bond donors (Lipinski definition) is 1. The van der Waals surface area contributed by atoms with Crippen LogP contribution in [-0.4, -0.2) is 24.0 Å². The molecule has 0 saturated carbocycles. The minimum atomic E-state index is -1.05. The van der Waals surface area contributed by atoms with E-state index in [1.54, 1.807) is 37.4 Å². The maximum atomic E-state index is 12.6. The number of benzene rings is 2. The van der Waals surface area contributed by atoms with Crippen molar-refractivity contribution in [2.75, 3.05) is 11.9 Å². The number of carboxylic acids is 1. The van der Waals surface area contributed by atoms with Crippen LogP contribution in [0.25, 0.3) is 0 Å². The number of carbonyl (C=O) groups excluding carboxylic acids is 1. The smallest absolute Gasteiger partial charge is 0.337 e. The van der Waals surface area contributed by atoms with Crippen LogP contribution in [0, 0.1) is 13.8 Å². The van der Waals surface area contributed by atoms with Gasteiger partial charge in [-0.15, -0.1) is 0 Å². The second kappa shape index (κ2) is 5.79. The van der Waals surface area contributed by atoms with Crippen LogP contribution >= 0.6 is 0 Å². The Morgan fingerprint density at radius 2 is 1.57 bits per heavy atom. The molecule has 0 bridgehead atoms. The molecule has 0 aliphatic rings. The van der Waals surface area contributed by atoms with Gasteiger partial charge in [0.05, 0.1) is 11.3 Å². The van der Waals surface area contributed by atoms with E-state index in [0.717, 1.165) is 11.1 Å². The molecule has 2 aromatic rings. The van der Waals surface area contributed by atoms with E-state index in [9.17, 15) is 14.7 Å². The summed E-state index contributed by atoms with van der Waals surface area (Å²) in [5, 5.41) is 9.22. The lowest BCUT2D eigenvalue weighted by molar-refractivity contribution is 0.0697. The van der Waals surface area contributed by atoms with Crippen LogP contribution in [-0.2, 0) is 0 Å². The second-order valence-corrected chi connectivity index (χ2v) is 5.06. The van der Waals surface area contributed by atoms with Crippen molar-refractivity contribution in [2.24, 2.45) is 0 Å². The van der Waals surface area contributed by atoms with Crippen LogP contribution < -0.4 is 4.90 Å². The standard InChI is InChI=1S/C17H17NO3/c1-11-8-12(2)10-13(9-11)16(19)18(3)15-7-5-4-6-14(15)17(20)21/h4-10H,1-3H3,(H,20,21). The number of nitrogens with zero attached hydrogens (tertiary/aromatic N) is 1. The van der Waals surface area contributed by atoms with Crippen molar-refractivity contribution in [3.8, 4) is 0 Å². The maximum absolute atomic E-state index is 12.6. The molecule has 4 heteroatoms. The molecule has 0 fully saturated rings. The highest BCUT2D eigenvalue weighted by molar-refractivity contribution is 6.09. The first-order valence-corrected chi connectivity index (χ1v) is 6.59. The van der Waals surface area contributed by atoms with E-state index in [2.05, 4.69) is 0 Å². The molecule has 0 aromatic heterocycles. The third kappa shape index (κ3) is 3.11. The Balaban J connectivity index is 2.42. The molecule has 0 spiro atoms. The lowest BCUT2D eigenvalue weighted by Crippen LogP contribution is -2.28. The molecule has 0 heterocycles. The van der Waals surface area contributed by atoms with Crippen LogP contribution in [0.1, 0.15) is 31.8 Å². The van der Waals surface area contributed by atoms with Gasteiger partial charge in [-0.3, -0.25) is 4.79 Å². The zero-order chi connectivity index (χ0) is 15.6. The summed E-state index contributed by atoms with van der Waals surface area (Å²) < 4.78 is 0. The molecule has 2 rings (SSSR count). The van der Waals surface area contributed by atoms with Crippen molar-refractivity contribution >= 4 is 17.6 Å². The summed E-state index contributed by atoms with van der Waals surface area (Å²) in [6.07, 6.45) is 0. The van der Waals surface area contributed by atoms with Crippen LogP contribution in [0.4, 0.5) is 5.69 Å². The fraction of sp³-hybridized carbons (Fsp3) is 0.176. The highest BCUT2D eigenvalue weighted by Crippen LogP contribution is 2.21. The van der Waals surface area contributed by atoms with E-state index < -0.39 is 5.97 Å². The van der Waals surface area contributed by atoms with E-state index in [4.69, 9.17) is 0 Å². The molecule has 2 aromatic carbocycles. The number of amides is 1. The summed E-state index contributed by atoms with van der Waals surface area (Å²) in [6.45, 7) is 3.85. The number of carbonyl (C=O) groups is 2. The van der Waals surface area contributed by atoms with Crippen molar-refractivity contribution in [2.45, 2.75) is 13.8 Å². The van der Waals surface area contributed by atoms with Gasteiger partial charge in [0.2, 0.25) is 0 Å². The summed E-state index contributed by atoms with van der Waals surface area (Å²) >= 11 is 0. The first-order chi connectivity index (χ1) is 9.90. The van der Waals surface area contributed by atoms with Crippen molar-refractivity contribution < 1.29 is 14.7 Å². The Labute approximate surface area is 123 Å². The van der Waals surface area contributed by atoms with Gasteiger partial charge in [0.25, 0.3) is 5.91 Å². The number of hydrogen-bond acceptors (Lipinski definition) is 2. The summed E-state index contributed by atoms with van der Waals surface area (Å²) in [6, 6.07) is 12.1. The normalized spacial score (nSPS) is 10.2. The van der Waals surface area contributed by atoms with Crippen molar-refractivity contribution in [1.82, 2.24) is 0 Å². The lowest BCUT2D eigenvalue weighted by Gasteiger charge is -2.20. The molecule has 0 unspecified atom stereocenters. The molecule has 0 aliphatic carbocycles. The topological polar surface area (TPSA) is 57.6 Å². The highest BCUT2D eigenvalue weighted by Gasteiger charge is 2.19. The number of aryl methyl sites for hydroxylation is 2. The Hall–Kier alpha value is -2.62. The van der Waals surface area contributed by atoms with Crippen molar-refractivity contribution in [3.05, 3.63) is 64.7 Å². The Morgan fingerprint density at radius 1 is 1.00 bits per heavy atom. The van der Waals surface area contributed by atoms with Gasteiger partial charge in [0.15, 0.2) is 0 Å². The van der Waals surface area contributed by atoms with Gasteiger partial charge in [-0.2, -0.15) is 0 Å². The van der Waals surface area contributed by atoms with Crippen LogP contribution in [0.2, 0.25) is 0 Å². The molecule has 1 amide bonds. The molecule has 0 saturated heterocycles. The second-order valence-electron chi connectivity index (χ2n) is 5.06. The third-order valence-electron chi connectivity index (χ3n) is 3.27. The molecule has 4 nitrogen and oxygen atoms in total. The maximum Gasteiger partial charge on any atom is 0.337 e. The van der Waals surface area contributed by atoms with E-state index >= 15 is 0 Å². The SMILES string of the molecule is Cc1cc(C)cc(C(=O)N(C)c2ccccc2C(=O)O)c1. The number of para-hydroxylation sites is 1. The predicted molar refractivity (Wildman–Crippen MR) is 82.1 cm³/mol. The highest BCUT2D eigenvalue weighted by atomic mass is 16.4. The first-order valence-electron chi connectivity index (χ1n) is 6.59. The number of rotatable bonds is 3. The zero-order valence-corrected chi connectivity index (χ0v) is 12.3. The average molecular weight is 283 g/mol. The minimum Gasteiger partial charge on any atom is -0.478 e. The summed E-state index contributed by atoms with van der Waals surface area (Å²) in [4.78, 5) is 25.2. The molecule has 0 aliphatic heterocycles. The molecule has 0 radical (unpaired) electrons. The largest absolute Gasteiger partial charge is 0.478 e. The van der Waals surface area contributed by atoms with Crippen LogP contribution in [0.3, 0.4) is 0 Å². The van der Waals surface area contributed by atoms with Crippen molar-refractivity contribution in [1.29, 1.82) is 0 Å². The van der Waals surface area contributed by atoms with Gasteiger partial charge in [-0.1, -0.05) is 29.3 Å². The molecular weight excluding hydrogens is 266 g/mol. The minimum absolute atomic E-state index is 0.109. The first kappa shape index (κ1) is 14.8. The van der Waals surface area contributed by atoms with E-state index in [0.29, 0.717) is 11.3 Å². The number of carboxylic acid groups (broad SMARTS) is 1. The van der Waals surface area contributed by atoms with Crippen LogP contribution in [0.15, 0.2) is 42.5 Å². The lowest BCUT2D eigenvalue weighted by atomic mass is 10.1. The summed E-state index contributed by atoms with van der Waals surface area (Å²) in [5.74, 6) is -1.28. The number of anilines is 1. The Morgan fingerprint density at radius 3 is 2.14 bits per heavy atom. The number of aromatic carboxylic acids is 1. The van der Waals surface area contributed by atoms with Crippen molar-refractivity contribution in [3.63, 3.8) is 0 Å². The third-order valence-corrected chi connectivity index (χ3v) is 3.27. The summed E-state index contributed by atoms with van der Waals surface area (Å²) in [7, 11) is 1.59. The van der Waals surface area contributed by atoms with E-state index in [1.165, 1.54) is 11.0 Å². The molecule has 0 atom stereocenters. The Kier molecular flexibility index (Phi) is 4.08. The zero-order valence-electron chi connectivity index (χ0n) is 12.3. The molecule has 1 N–H and O–H groups in total. The fourth-order valence-electron chi connectivity index (χ4n) is 2.35. The van der Waals surface area contributed by atoms with E-state index in [-0.39, 0.29) is 11.5 Å². The monoisotopic (exact) mass is 283 g/mol. The molecule has 21 heavy (non-hydrogen) atoms. The van der Waals surface area contributed by atoms with Gasteiger partial charge in [0.1, 0.15) is 0 Å². The summed E-state index contributed by atoms with van der Waals surface area (Å²) in [5.41, 5.74) is 3.04. The van der Waals surface area contributed by atoms with Gasteiger partial charge >= 0.3 is 5.97 Å². The molecular formula is C17H17NO3. The Bertz CT molecular complexity index is 687.